The van der Waals surface area contributed by atoms with Gasteiger partial charge in [0.05, 0.1) is 24.2 Å². The molecule has 1 fully saturated rings. The number of carbonyl (C=O) groups excluding carboxylic acids is 2. The Morgan fingerprint density at radius 3 is 2.41 bits per heavy atom. The lowest BCUT2D eigenvalue weighted by molar-refractivity contribution is -0.138. The van der Waals surface area contributed by atoms with Gasteiger partial charge in [0, 0.05) is 0 Å². The Labute approximate surface area is 167 Å². The van der Waals surface area contributed by atoms with Gasteiger partial charge in [0.1, 0.15) is 5.75 Å². The van der Waals surface area contributed by atoms with Gasteiger partial charge in [-0.15, -0.1) is 0 Å². The summed E-state index contributed by atoms with van der Waals surface area (Å²) in [5.74, 6) is -0.883. The molecule has 0 aliphatic carbocycles. The number of thioether (sulfide) groups is 1. The maximum Gasteiger partial charge on any atom is 0.418 e. The van der Waals surface area contributed by atoms with Gasteiger partial charge in [0.15, 0.2) is 17.2 Å². The second kappa shape index (κ2) is 7.89. The first-order chi connectivity index (χ1) is 13.7. The molecule has 2 amide bonds. The van der Waals surface area contributed by atoms with E-state index in [0.29, 0.717) is 11.6 Å². The highest BCUT2D eigenvalue weighted by atomic mass is 32.2. The summed E-state index contributed by atoms with van der Waals surface area (Å²) in [4.78, 5) is 26.0. The predicted octanol–water partition coefficient (Wildman–Crippen LogP) is 5.38. The third-order valence-electron chi connectivity index (χ3n) is 3.75. The predicted molar refractivity (Wildman–Crippen MR) is 99.9 cm³/mol. The van der Waals surface area contributed by atoms with Crippen molar-refractivity contribution in [3.63, 3.8) is 0 Å². The molecule has 0 radical (unpaired) electrons. The molecule has 0 bridgehead atoms. The molecule has 1 saturated heterocycles. The molecule has 2 aromatic carbocycles. The van der Waals surface area contributed by atoms with Crippen LogP contribution in [0.2, 0.25) is 0 Å². The van der Waals surface area contributed by atoms with Gasteiger partial charge in [-0.2, -0.15) is 13.2 Å². The highest BCUT2D eigenvalue weighted by molar-refractivity contribution is 8.18. The van der Waals surface area contributed by atoms with E-state index in [0.717, 1.165) is 17.8 Å². The van der Waals surface area contributed by atoms with Crippen molar-refractivity contribution in [2.45, 2.75) is 6.18 Å². The number of nitrogens with zero attached hydrogens (tertiary/aromatic N) is 1. The SMILES string of the molecule is [C-]#[N+]c1ccc(Oc2ccc(C=C3SC(=O)NC3=O)cc2OC)c(C(F)(F)F)c1. The van der Waals surface area contributed by atoms with Crippen LogP contribution in [0.4, 0.5) is 23.7 Å². The number of amides is 2. The lowest BCUT2D eigenvalue weighted by Crippen LogP contribution is -2.17. The minimum Gasteiger partial charge on any atom is -0.493 e. The van der Waals surface area contributed by atoms with Gasteiger partial charge in [-0.05, 0) is 47.7 Å². The Bertz CT molecular complexity index is 1070. The first-order valence-corrected chi connectivity index (χ1v) is 8.72. The molecule has 10 heteroatoms. The third-order valence-corrected chi connectivity index (χ3v) is 4.56. The van der Waals surface area contributed by atoms with Crippen LogP contribution in [0, 0.1) is 6.57 Å². The monoisotopic (exact) mass is 420 g/mol. The van der Waals surface area contributed by atoms with Crippen molar-refractivity contribution in [2.75, 3.05) is 7.11 Å². The van der Waals surface area contributed by atoms with Crippen LogP contribution in [0.15, 0.2) is 41.3 Å². The molecule has 1 N–H and O–H groups in total. The standard InChI is InChI=1S/C19H11F3N2O4S/c1-23-11-4-6-13(12(9-11)19(20,21)22)28-14-5-3-10(7-15(14)27-2)8-16-17(25)24-18(26)29-16/h3-9H,2H3,(H,24,25,26). The van der Waals surface area contributed by atoms with E-state index in [2.05, 4.69) is 10.2 Å². The number of ether oxygens (including phenoxy) is 2. The van der Waals surface area contributed by atoms with Crippen molar-refractivity contribution in [2.24, 2.45) is 0 Å². The molecule has 6 nitrogen and oxygen atoms in total. The van der Waals surface area contributed by atoms with E-state index in [1.54, 1.807) is 0 Å². The van der Waals surface area contributed by atoms with E-state index in [1.807, 2.05) is 0 Å². The first kappa shape index (κ1) is 20.3. The van der Waals surface area contributed by atoms with Crippen molar-refractivity contribution < 1.29 is 32.2 Å². The van der Waals surface area contributed by atoms with Crippen molar-refractivity contribution in [1.29, 1.82) is 0 Å². The minimum atomic E-state index is -4.72. The van der Waals surface area contributed by atoms with E-state index < -0.39 is 28.6 Å². The number of methoxy groups -OCH3 is 1. The lowest BCUT2D eigenvalue weighted by Gasteiger charge is -2.16. The summed E-state index contributed by atoms with van der Waals surface area (Å²) in [7, 11) is 1.31. The Morgan fingerprint density at radius 1 is 1.10 bits per heavy atom. The molecule has 1 aliphatic rings. The topological polar surface area (TPSA) is 69.0 Å². The maximum atomic E-state index is 13.3. The Balaban J connectivity index is 1.95. The average Bonchev–Trinajstić information content (AvgIpc) is 2.99. The smallest absolute Gasteiger partial charge is 0.418 e. The first-order valence-electron chi connectivity index (χ1n) is 7.90. The molecular weight excluding hydrogens is 409 g/mol. The zero-order valence-electron chi connectivity index (χ0n) is 14.7. The number of alkyl halides is 3. The zero-order valence-corrected chi connectivity index (χ0v) is 15.5. The Hall–Kier alpha value is -3.45. The molecule has 29 heavy (non-hydrogen) atoms. The van der Waals surface area contributed by atoms with Gasteiger partial charge in [0.2, 0.25) is 0 Å². The van der Waals surface area contributed by atoms with Gasteiger partial charge in [-0.25, -0.2) is 4.85 Å². The van der Waals surface area contributed by atoms with E-state index in [1.165, 1.54) is 37.5 Å². The number of hydrogen-bond acceptors (Lipinski definition) is 5. The molecule has 148 valence electrons. The molecule has 0 saturated carbocycles. The summed E-state index contributed by atoms with van der Waals surface area (Å²) in [6, 6.07) is 7.34. The summed E-state index contributed by atoms with van der Waals surface area (Å²) in [5, 5.41) is 1.63. The van der Waals surface area contributed by atoms with Gasteiger partial charge < -0.3 is 9.47 Å². The largest absolute Gasteiger partial charge is 0.493 e. The van der Waals surface area contributed by atoms with E-state index in [4.69, 9.17) is 16.0 Å². The molecule has 2 aromatic rings. The number of benzene rings is 2. The van der Waals surface area contributed by atoms with Gasteiger partial charge in [-0.3, -0.25) is 14.9 Å². The van der Waals surface area contributed by atoms with E-state index in [9.17, 15) is 22.8 Å². The van der Waals surface area contributed by atoms with Crippen LogP contribution in [0.1, 0.15) is 11.1 Å². The van der Waals surface area contributed by atoms with Crippen molar-refractivity contribution in [3.05, 3.63) is 63.8 Å². The van der Waals surface area contributed by atoms with E-state index in [-0.39, 0.29) is 22.1 Å². The van der Waals surface area contributed by atoms with Crippen LogP contribution in [-0.2, 0) is 11.0 Å². The quantitative estimate of drug-likeness (QED) is 0.531. The molecule has 0 unspecified atom stereocenters. The summed E-state index contributed by atoms with van der Waals surface area (Å²) in [6.45, 7) is 6.88. The molecular formula is C19H11F3N2O4S. The summed E-state index contributed by atoms with van der Waals surface area (Å²) in [5.41, 5.74) is -0.766. The Morgan fingerprint density at radius 2 is 1.83 bits per heavy atom. The number of halogens is 3. The van der Waals surface area contributed by atoms with E-state index >= 15 is 0 Å². The summed E-state index contributed by atoms with van der Waals surface area (Å²) in [6.07, 6.45) is -3.27. The Kier molecular flexibility index (Phi) is 5.52. The fourth-order valence-corrected chi connectivity index (χ4v) is 3.13. The summed E-state index contributed by atoms with van der Waals surface area (Å²) >= 11 is 0.737. The molecule has 0 atom stereocenters. The van der Waals surface area contributed by atoms with Gasteiger partial charge >= 0.3 is 6.18 Å². The molecule has 0 aromatic heterocycles. The lowest BCUT2D eigenvalue weighted by atomic mass is 10.1. The molecule has 0 spiro atoms. The second-order valence-electron chi connectivity index (χ2n) is 5.65. The van der Waals surface area contributed by atoms with Crippen molar-refractivity contribution in [1.82, 2.24) is 5.32 Å². The maximum absolute atomic E-state index is 13.3. The van der Waals surface area contributed by atoms with Crippen LogP contribution in [0.3, 0.4) is 0 Å². The number of imide groups is 1. The zero-order chi connectivity index (χ0) is 21.2. The van der Waals surface area contributed by atoms with Crippen LogP contribution in [0.25, 0.3) is 10.9 Å². The second-order valence-corrected chi connectivity index (χ2v) is 6.67. The number of nitrogens with one attached hydrogen (secondary N) is 1. The van der Waals surface area contributed by atoms with Crippen molar-refractivity contribution >= 4 is 34.7 Å². The van der Waals surface area contributed by atoms with Gasteiger partial charge in [-0.1, -0.05) is 12.1 Å². The van der Waals surface area contributed by atoms with Crippen LogP contribution in [0.5, 0.6) is 17.2 Å². The summed E-state index contributed by atoms with van der Waals surface area (Å²) < 4.78 is 50.6. The number of carbonyl (C=O) groups is 2. The highest BCUT2D eigenvalue weighted by Crippen LogP contribution is 2.42. The number of rotatable bonds is 4. The fraction of sp³-hybridized carbons (Fsp3) is 0.105. The van der Waals surface area contributed by atoms with Gasteiger partial charge in [0.25, 0.3) is 11.1 Å². The van der Waals surface area contributed by atoms with Crippen LogP contribution < -0.4 is 14.8 Å². The normalized spacial score (nSPS) is 15.2. The van der Waals surface area contributed by atoms with Crippen LogP contribution in [-0.4, -0.2) is 18.3 Å². The van der Waals surface area contributed by atoms with Crippen LogP contribution >= 0.6 is 11.8 Å². The minimum absolute atomic E-state index is 0.00955. The number of hydrogen-bond donors (Lipinski definition) is 1. The fourth-order valence-electron chi connectivity index (χ4n) is 2.45. The molecule has 3 rings (SSSR count). The third kappa shape index (κ3) is 4.52. The highest BCUT2D eigenvalue weighted by Gasteiger charge is 2.35. The molecule has 1 heterocycles. The molecule has 1 aliphatic heterocycles. The van der Waals surface area contributed by atoms with Crippen molar-refractivity contribution in [3.8, 4) is 17.2 Å². The average molecular weight is 420 g/mol.